The Balaban J connectivity index is 2.38. The minimum Gasteiger partial charge on any atom is -0.387 e. The lowest BCUT2D eigenvalue weighted by atomic mass is 9.96. The first kappa shape index (κ1) is 8.75. The quantitative estimate of drug-likeness (QED) is 0.584. The van der Waals surface area contributed by atoms with E-state index in [0.717, 1.165) is 18.5 Å². The summed E-state index contributed by atoms with van der Waals surface area (Å²) in [5.74, 6) is 0. The third kappa shape index (κ3) is 2.31. The van der Waals surface area contributed by atoms with E-state index in [1.807, 2.05) is 6.92 Å². The average molecular weight is 155 g/mol. The molecule has 2 heteroatoms. The van der Waals surface area contributed by atoms with Crippen LogP contribution in [0.4, 0.5) is 0 Å². The molecule has 1 saturated heterocycles. The molecule has 0 bridgehead atoms. The van der Waals surface area contributed by atoms with Crippen LogP contribution in [0, 0.1) is 0 Å². The van der Waals surface area contributed by atoms with Gasteiger partial charge in [-0.15, -0.1) is 0 Å². The highest BCUT2D eigenvalue weighted by Gasteiger charge is 2.20. The monoisotopic (exact) mass is 155 g/mol. The van der Waals surface area contributed by atoms with Gasteiger partial charge in [-0.1, -0.05) is 18.6 Å². The van der Waals surface area contributed by atoms with Gasteiger partial charge in [0.25, 0.3) is 0 Å². The van der Waals surface area contributed by atoms with Crippen LogP contribution in [0.1, 0.15) is 26.2 Å². The fourth-order valence-corrected chi connectivity index (χ4v) is 1.49. The Morgan fingerprint density at radius 1 is 1.64 bits per heavy atom. The van der Waals surface area contributed by atoms with E-state index in [2.05, 4.69) is 11.9 Å². The largest absolute Gasteiger partial charge is 0.387 e. The third-order valence-electron chi connectivity index (χ3n) is 2.23. The number of hydrogen-bond acceptors (Lipinski definition) is 2. The number of nitrogens with one attached hydrogen (secondary N) is 1. The summed E-state index contributed by atoms with van der Waals surface area (Å²) in [5.41, 5.74) is 0.865. The van der Waals surface area contributed by atoms with E-state index in [9.17, 15) is 5.11 Å². The zero-order chi connectivity index (χ0) is 8.27. The van der Waals surface area contributed by atoms with E-state index < -0.39 is 0 Å². The summed E-state index contributed by atoms with van der Waals surface area (Å²) in [5, 5.41) is 12.9. The third-order valence-corrected chi connectivity index (χ3v) is 2.23. The van der Waals surface area contributed by atoms with E-state index in [4.69, 9.17) is 0 Å². The van der Waals surface area contributed by atoms with Crippen molar-refractivity contribution in [3.63, 3.8) is 0 Å². The predicted octanol–water partition coefficient (Wildman–Crippen LogP) is 1.07. The van der Waals surface area contributed by atoms with Crippen molar-refractivity contribution in [1.29, 1.82) is 0 Å². The molecular formula is C9H17NO. The minimum atomic E-state index is -0.352. The predicted molar refractivity (Wildman–Crippen MR) is 46.5 cm³/mol. The summed E-state index contributed by atoms with van der Waals surface area (Å²) in [6.45, 7) is 6.65. The summed E-state index contributed by atoms with van der Waals surface area (Å²) in [6.07, 6.45) is 3.19. The lowest BCUT2D eigenvalue weighted by molar-refractivity contribution is 0.144. The molecule has 2 N–H and O–H groups in total. The fraction of sp³-hybridized carbons (Fsp3) is 0.778. The summed E-state index contributed by atoms with van der Waals surface area (Å²) in [6, 6.07) is 0.251. The van der Waals surface area contributed by atoms with Crippen molar-refractivity contribution in [3.8, 4) is 0 Å². The second-order valence-corrected chi connectivity index (χ2v) is 3.35. The van der Waals surface area contributed by atoms with Gasteiger partial charge in [0.1, 0.15) is 0 Å². The summed E-state index contributed by atoms with van der Waals surface area (Å²) in [7, 11) is 0. The molecule has 2 unspecified atom stereocenters. The smallest absolute Gasteiger partial charge is 0.0897 e. The Hall–Kier alpha value is -0.340. The molecule has 1 rings (SSSR count). The highest BCUT2D eigenvalue weighted by atomic mass is 16.3. The van der Waals surface area contributed by atoms with Crippen LogP contribution in [-0.4, -0.2) is 23.8 Å². The van der Waals surface area contributed by atoms with Crippen LogP contribution in [0.15, 0.2) is 12.2 Å². The number of aliphatic hydroxyl groups excluding tert-OH is 1. The van der Waals surface area contributed by atoms with Crippen LogP contribution in [0.25, 0.3) is 0 Å². The van der Waals surface area contributed by atoms with Crippen molar-refractivity contribution in [2.45, 2.75) is 38.3 Å². The summed E-state index contributed by atoms with van der Waals surface area (Å²) < 4.78 is 0. The molecular weight excluding hydrogens is 138 g/mol. The van der Waals surface area contributed by atoms with Gasteiger partial charge in [0.05, 0.1) is 6.10 Å². The molecule has 0 amide bonds. The first-order valence-corrected chi connectivity index (χ1v) is 4.28. The summed E-state index contributed by atoms with van der Waals surface area (Å²) in [4.78, 5) is 0. The van der Waals surface area contributed by atoms with Gasteiger partial charge in [-0.3, -0.25) is 0 Å². The van der Waals surface area contributed by atoms with Crippen molar-refractivity contribution in [2.75, 3.05) is 6.54 Å². The van der Waals surface area contributed by atoms with Gasteiger partial charge < -0.3 is 10.4 Å². The minimum absolute atomic E-state index is 0.251. The molecule has 2 nitrogen and oxygen atoms in total. The molecule has 1 heterocycles. The molecule has 0 aromatic heterocycles. The lowest BCUT2D eigenvalue weighted by Gasteiger charge is -2.28. The molecule has 0 saturated carbocycles. The number of rotatable bonds is 2. The van der Waals surface area contributed by atoms with Gasteiger partial charge >= 0.3 is 0 Å². The Kier molecular flexibility index (Phi) is 3.09. The van der Waals surface area contributed by atoms with Crippen LogP contribution in [0.5, 0.6) is 0 Å². The first-order valence-electron chi connectivity index (χ1n) is 4.28. The molecule has 1 aliphatic heterocycles. The van der Waals surface area contributed by atoms with E-state index >= 15 is 0 Å². The highest BCUT2D eigenvalue weighted by molar-refractivity contribution is 5.02. The van der Waals surface area contributed by atoms with Gasteiger partial charge in [-0.05, 0) is 26.3 Å². The van der Waals surface area contributed by atoms with Crippen molar-refractivity contribution in [2.24, 2.45) is 0 Å². The number of piperidine rings is 1. The Morgan fingerprint density at radius 2 is 2.36 bits per heavy atom. The molecule has 0 radical (unpaired) electrons. The van der Waals surface area contributed by atoms with E-state index in [1.54, 1.807) is 0 Å². The first-order chi connectivity index (χ1) is 5.22. The van der Waals surface area contributed by atoms with Crippen molar-refractivity contribution in [1.82, 2.24) is 5.32 Å². The van der Waals surface area contributed by atoms with Crippen LogP contribution >= 0.6 is 0 Å². The van der Waals surface area contributed by atoms with Gasteiger partial charge in [0.2, 0.25) is 0 Å². The zero-order valence-electron chi connectivity index (χ0n) is 7.14. The molecule has 1 fully saturated rings. The zero-order valence-corrected chi connectivity index (χ0v) is 7.14. The number of hydrogen-bond donors (Lipinski definition) is 2. The van der Waals surface area contributed by atoms with Crippen LogP contribution in [-0.2, 0) is 0 Å². The maximum atomic E-state index is 9.59. The highest BCUT2D eigenvalue weighted by Crippen LogP contribution is 2.14. The molecule has 0 spiro atoms. The second kappa shape index (κ2) is 3.88. The standard InChI is InChI=1S/C9H17NO/c1-7(2)9(11)8-5-3-4-6-10-8/h8-11H,1,3-6H2,2H3. The average Bonchev–Trinajstić information content (AvgIpc) is 2.05. The van der Waals surface area contributed by atoms with Gasteiger partial charge in [0.15, 0.2) is 0 Å². The van der Waals surface area contributed by atoms with Crippen molar-refractivity contribution in [3.05, 3.63) is 12.2 Å². The molecule has 64 valence electrons. The van der Waals surface area contributed by atoms with E-state index in [0.29, 0.717) is 0 Å². The van der Waals surface area contributed by atoms with Crippen LogP contribution in [0.2, 0.25) is 0 Å². The lowest BCUT2D eigenvalue weighted by Crippen LogP contribution is -2.43. The van der Waals surface area contributed by atoms with E-state index in [1.165, 1.54) is 12.8 Å². The SMILES string of the molecule is C=C(C)C(O)C1CCCCN1. The molecule has 0 aromatic carbocycles. The Morgan fingerprint density at radius 3 is 2.82 bits per heavy atom. The number of aliphatic hydroxyl groups is 1. The fourth-order valence-electron chi connectivity index (χ4n) is 1.49. The van der Waals surface area contributed by atoms with Gasteiger partial charge in [-0.2, -0.15) is 0 Å². The maximum Gasteiger partial charge on any atom is 0.0897 e. The topological polar surface area (TPSA) is 32.3 Å². The molecule has 11 heavy (non-hydrogen) atoms. The van der Waals surface area contributed by atoms with Crippen molar-refractivity contribution >= 4 is 0 Å². The Bertz CT molecular complexity index is 138. The van der Waals surface area contributed by atoms with Crippen molar-refractivity contribution < 1.29 is 5.11 Å². The Labute approximate surface area is 68.3 Å². The molecule has 0 aromatic rings. The van der Waals surface area contributed by atoms with Gasteiger partial charge in [0, 0.05) is 6.04 Å². The van der Waals surface area contributed by atoms with Crippen LogP contribution < -0.4 is 5.32 Å². The molecule has 2 atom stereocenters. The maximum absolute atomic E-state index is 9.59. The molecule has 1 aliphatic rings. The second-order valence-electron chi connectivity index (χ2n) is 3.35. The normalized spacial score (nSPS) is 28.0. The summed E-state index contributed by atoms with van der Waals surface area (Å²) >= 11 is 0. The van der Waals surface area contributed by atoms with Gasteiger partial charge in [-0.25, -0.2) is 0 Å². The van der Waals surface area contributed by atoms with Crippen LogP contribution in [0.3, 0.4) is 0 Å². The molecule has 0 aliphatic carbocycles. The van der Waals surface area contributed by atoms with E-state index in [-0.39, 0.29) is 12.1 Å².